The Hall–Kier alpha value is -2.10. The molecule has 2 heterocycles. The highest BCUT2D eigenvalue weighted by atomic mass is 16.2. The second kappa shape index (κ2) is 3.98. The van der Waals surface area contributed by atoms with Crippen molar-refractivity contribution in [2.45, 2.75) is 13.3 Å². The van der Waals surface area contributed by atoms with E-state index >= 15 is 0 Å². The molecule has 1 amide bonds. The highest BCUT2D eigenvalue weighted by Gasteiger charge is 2.26. The number of carbonyl (C=O) groups is 1. The van der Waals surface area contributed by atoms with Gasteiger partial charge in [0.25, 0.3) is 5.91 Å². The molecule has 4 heteroatoms. The van der Waals surface area contributed by atoms with Crippen LogP contribution >= 0.6 is 0 Å². The summed E-state index contributed by atoms with van der Waals surface area (Å²) >= 11 is 0. The van der Waals surface area contributed by atoms with Crippen LogP contribution in [-0.2, 0) is 13.5 Å². The van der Waals surface area contributed by atoms with E-state index in [1.165, 1.54) is 11.1 Å². The Labute approximate surface area is 106 Å². The molecule has 3 rings (SSSR count). The highest BCUT2D eigenvalue weighted by molar-refractivity contribution is 6.08. The number of aromatic nitrogens is 2. The molecule has 2 aromatic rings. The number of amides is 1. The minimum absolute atomic E-state index is 0.0768. The van der Waals surface area contributed by atoms with Crippen molar-refractivity contribution in [3.8, 4) is 0 Å². The third-order valence-electron chi connectivity index (χ3n) is 3.47. The van der Waals surface area contributed by atoms with Gasteiger partial charge in [0.1, 0.15) is 0 Å². The van der Waals surface area contributed by atoms with Crippen molar-refractivity contribution in [1.29, 1.82) is 0 Å². The Kier molecular flexibility index (Phi) is 2.44. The molecule has 0 atom stereocenters. The van der Waals surface area contributed by atoms with Gasteiger partial charge in [0, 0.05) is 25.4 Å². The lowest BCUT2D eigenvalue weighted by Crippen LogP contribution is -2.37. The number of fused-ring (bicyclic) bond motifs is 1. The molecular weight excluding hydrogens is 226 g/mol. The topological polar surface area (TPSA) is 38.1 Å². The van der Waals surface area contributed by atoms with Crippen LogP contribution in [0, 0.1) is 6.92 Å². The van der Waals surface area contributed by atoms with Gasteiger partial charge in [-0.25, -0.2) is 0 Å². The zero-order valence-corrected chi connectivity index (χ0v) is 10.6. The smallest absolute Gasteiger partial charge is 0.258 e. The predicted octanol–water partition coefficient (Wildman–Crippen LogP) is 1.93. The summed E-state index contributed by atoms with van der Waals surface area (Å²) in [7, 11) is 1.86. The van der Waals surface area contributed by atoms with Crippen LogP contribution in [0.15, 0.2) is 30.6 Å². The summed E-state index contributed by atoms with van der Waals surface area (Å²) in [4.78, 5) is 14.3. The first kappa shape index (κ1) is 11.0. The summed E-state index contributed by atoms with van der Waals surface area (Å²) in [6.45, 7) is 2.79. The lowest BCUT2D eigenvalue weighted by atomic mass is 9.94. The number of anilines is 1. The number of hydrogen-bond acceptors (Lipinski definition) is 2. The summed E-state index contributed by atoms with van der Waals surface area (Å²) in [5, 5.41) is 4.12. The van der Waals surface area contributed by atoms with Gasteiger partial charge in [0.05, 0.1) is 11.9 Å². The monoisotopic (exact) mass is 241 g/mol. The maximum atomic E-state index is 12.5. The van der Waals surface area contributed by atoms with E-state index in [1.54, 1.807) is 15.8 Å². The fraction of sp³-hybridized carbons (Fsp3) is 0.286. The SMILES string of the molecule is Cc1cccc2c1CCN(c1cnn(C)c1)C2=O. The van der Waals surface area contributed by atoms with E-state index in [0.29, 0.717) is 0 Å². The van der Waals surface area contributed by atoms with Crippen LogP contribution in [0.4, 0.5) is 5.69 Å². The summed E-state index contributed by atoms with van der Waals surface area (Å²) in [5.41, 5.74) is 4.08. The molecule has 1 aromatic carbocycles. The summed E-state index contributed by atoms with van der Waals surface area (Å²) in [6, 6.07) is 5.91. The maximum absolute atomic E-state index is 12.5. The number of benzene rings is 1. The summed E-state index contributed by atoms with van der Waals surface area (Å²) in [6.07, 6.45) is 4.51. The number of carbonyl (C=O) groups excluding carboxylic acids is 1. The van der Waals surface area contributed by atoms with Gasteiger partial charge < -0.3 is 4.90 Å². The van der Waals surface area contributed by atoms with Crippen molar-refractivity contribution in [2.24, 2.45) is 7.05 Å². The standard InChI is InChI=1S/C14H15N3O/c1-10-4-3-5-13-12(10)6-7-17(14(13)18)11-8-15-16(2)9-11/h3-5,8-9H,6-7H2,1-2H3. The molecular formula is C14H15N3O. The molecule has 0 radical (unpaired) electrons. The van der Waals surface area contributed by atoms with Crippen molar-refractivity contribution in [1.82, 2.24) is 9.78 Å². The van der Waals surface area contributed by atoms with E-state index in [9.17, 15) is 4.79 Å². The first-order chi connectivity index (χ1) is 8.66. The third kappa shape index (κ3) is 1.61. The molecule has 1 aromatic heterocycles. The van der Waals surface area contributed by atoms with Gasteiger partial charge in [-0.3, -0.25) is 9.48 Å². The van der Waals surface area contributed by atoms with Crippen molar-refractivity contribution >= 4 is 11.6 Å². The van der Waals surface area contributed by atoms with Crippen LogP contribution in [0.2, 0.25) is 0 Å². The number of hydrogen-bond donors (Lipinski definition) is 0. The van der Waals surface area contributed by atoms with Crippen LogP contribution in [0.3, 0.4) is 0 Å². The maximum Gasteiger partial charge on any atom is 0.258 e. The molecule has 1 aliphatic heterocycles. The van der Waals surface area contributed by atoms with Gasteiger partial charge in [-0.15, -0.1) is 0 Å². The zero-order chi connectivity index (χ0) is 12.7. The molecule has 18 heavy (non-hydrogen) atoms. The van der Waals surface area contributed by atoms with Crippen molar-refractivity contribution in [3.63, 3.8) is 0 Å². The minimum atomic E-state index is 0.0768. The molecule has 4 nitrogen and oxygen atoms in total. The van der Waals surface area contributed by atoms with Gasteiger partial charge in [0.15, 0.2) is 0 Å². The molecule has 1 aliphatic rings. The van der Waals surface area contributed by atoms with E-state index in [1.807, 2.05) is 25.4 Å². The van der Waals surface area contributed by atoms with Crippen LogP contribution in [0.25, 0.3) is 0 Å². The quantitative estimate of drug-likeness (QED) is 0.765. The Balaban J connectivity index is 2.02. The van der Waals surface area contributed by atoms with E-state index in [2.05, 4.69) is 18.1 Å². The molecule has 92 valence electrons. The van der Waals surface area contributed by atoms with Crippen LogP contribution in [-0.4, -0.2) is 22.2 Å². The summed E-state index contributed by atoms with van der Waals surface area (Å²) in [5.74, 6) is 0.0768. The lowest BCUT2D eigenvalue weighted by molar-refractivity contribution is 0.0980. The van der Waals surface area contributed by atoms with E-state index in [4.69, 9.17) is 0 Å². The average Bonchev–Trinajstić information content (AvgIpc) is 2.77. The molecule has 0 spiro atoms. The molecule has 0 saturated heterocycles. The van der Waals surface area contributed by atoms with Gasteiger partial charge in [-0.1, -0.05) is 12.1 Å². The zero-order valence-electron chi connectivity index (χ0n) is 10.6. The highest BCUT2D eigenvalue weighted by Crippen LogP contribution is 2.25. The molecule has 0 aliphatic carbocycles. The molecule has 0 fully saturated rings. The number of nitrogens with zero attached hydrogens (tertiary/aromatic N) is 3. The van der Waals surface area contributed by atoms with Gasteiger partial charge in [-0.05, 0) is 30.5 Å². The predicted molar refractivity (Wildman–Crippen MR) is 69.8 cm³/mol. The Morgan fingerprint density at radius 3 is 2.89 bits per heavy atom. The second-order valence-corrected chi connectivity index (χ2v) is 4.68. The number of rotatable bonds is 1. The van der Waals surface area contributed by atoms with Crippen molar-refractivity contribution in [2.75, 3.05) is 11.4 Å². The molecule has 0 bridgehead atoms. The van der Waals surface area contributed by atoms with Gasteiger partial charge in [0.2, 0.25) is 0 Å². The Morgan fingerprint density at radius 1 is 1.33 bits per heavy atom. The van der Waals surface area contributed by atoms with Crippen LogP contribution in [0.5, 0.6) is 0 Å². The molecule has 0 saturated carbocycles. The fourth-order valence-electron chi connectivity index (χ4n) is 2.50. The van der Waals surface area contributed by atoms with E-state index in [-0.39, 0.29) is 5.91 Å². The Bertz CT molecular complexity index is 615. The average molecular weight is 241 g/mol. The number of aryl methyl sites for hydroxylation is 2. The van der Waals surface area contributed by atoms with Gasteiger partial charge >= 0.3 is 0 Å². The second-order valence-electron chi connectivity index (χ2n) is 4.68. The third-order valence-corrected chi connectivity index (χ3v) is 3.47. The fourth-order valence-corrected chi connectivity index (χ4v) is 2.50. The van der Waals surface area contributed by atoms with E-state index in [0.717, 1.165) is 24.2 Å². The van der Waals surface area contributed by atoms with Crippen LogP contribution in [0.1, 0.15) is 21.5 Å². The first-order valence-electron chi connectivity index (χ1n) is 6.06. The van der Waals surface area contributed by atoms with E-state index < -0.39 is 0 Å². The van der Waals surface area contributed by atoms with Crippen LogP contribution < -0.4 is 4.90 Å². The normalized spacial score (nSPS) is 14.8. The largest absolute Gasteiger partial charge is 0.305 e. The molecule has 0 unspecified atom stereocenters. The molecule has 0 N–H and O–H groups in total. The van der Waals surface area contributed by atoms with Crippen molar-refractivity contribution in [3.05, 3.63) is 47.3 Å². The summed E-state index contributed by atoms with van der Waals surface area (Å²) < 4.78 is 1.72. The van der Waals surface area contributed by atoms with Gasteiger partial charge in [-0.2, -0.15) is 5.10 Å². The lowest BCUT2D eigenvalue weighted by Gasteiger charge is -2.28. The minimum Gasteiger partial charge on any atom is -0.305 e. The van der Waals surface area contributed by atoms with Crippen molar-refractivity contribution < 1.29 is 4.79 Å². The Morgan fingerprint density at radius 2 is 2.17 bits per heavy atom. The first-order valence-corrected chi connectivity index (χ1v) is 6.06.